The molecule has 3 saturated carbocycles. The predicted octanol–water partition coefficient (Wildman–Crippen LogP) is 4.47. The molecule has 1 aromatic rings. The number of aryl methyl sites for hydroxylation is 2. The van der Waals surface area contributed by atoms with Crippen LogP contribution in [-0.2, 0) is 0 Å². The highest BCUT2D eigenvalue weighted by molar-refractivity contribution is 5.47. The minimum Gasteiger partial charge on any atom is -0.313 e. The molecule has 5 atom stereocenters. The highest BCUT2D eigenvalue weighted by Gasteiger charge is 2.66. The van der Waals surface area contributed by atoms with Crippen molar-refractivity contribution in [2.24, 2.45) is 29.6 Å². The lowest BCUT2D eigenvalue weighted by atomic mass is 9.85. The Morgan fingerprint density at radius 1 is 0.952 bits per heavy atom. The van der Waals surface area contributed by atoms with Crippen LogP contribution in [0.3, 0.4) is 0 Å². The first kappa shape index (κ1) is 13.8. The molecule has 3 aliphatic rings. The second kappa shape index (κ2) is 4.59. The van der Waals surface area contributed by atoms with E-state index in [4.69, 9.17) is 0 Å². The molecular formula is C20H29N. The number of rotatable bonds is 3. The fourth-order valence-electron chi connectivity index (χ4n) is 6.08. The molecule has 1 heteroatoms. The topological polar surface area (TPSA) is 12.0 Å². The van der Waals surface area contributed by atoms with E-state index in [2.05, 4.69) is 46.1 Å². The number of fused-ring (bicyclic) bond motifs is 5. The van der Waals surface area contributed by atoms with Gasteiger partial charge >= 0.3 is 0 Å². The van der Waals surface area contributed by atoms with Gasteiger partial charge in [0.05, 0.1) is 0 Å². The molecule has 0 amide bonds. The Bertz CT molecular complexity index is 546. The lowest BCUT2D eigenvalue weighted by molar-refractivity contribution is 0.383. The van der Waals surface area contributed by atoms with Crippen LogP contribution >= 0.6 is 0 Å². The Hall–Kier alpha value is -0.820. The van der Waals surface area contributed by atoms with E-state index in [9.17, 15) is 0 Å². The zero-order valence-corrected chi connectivity index (χ0v) is 14.2. The summed E-state index contributed by atoms with van der Waals surface area (Å²) in [7, 11) is 2.18. The summed E-state index contributed by atoms with van der Waals surface area (Å²) in [5.74, 6) is 5.13. The van der Waals surface area contributed by atoms with E-state index in [1.165, 1.54) is 35.1 Å². The summed E-state index contributed by atoms with van der Waals surface area (Å²) in [5, 5.41) is 3.71. The smallest absolute Gasteiger partial charge is 0.0357 e. The Kier molecular flexibility index (Phi) is 3.02. The van der Waals surface area contributed by atoms with Crippen LogP contribution in [0.25, 0.3) is 0 Å². The van der Waals surface area contributed by atoms with Gasteiger partial charge in [-0.1, -0.05) is 6.07 Å². The fraction of sp³-hybridized carbons (Fsp3) is 0.700. The average molecular weight is 283 g/mol. The molecule has 0 aromatic heterocycles. The third-order valence-corrected chi connectivity index (χ3v) is 7.23. The summed E-state index contributed by atoms with van der Waals surface area (Å²) < 4.78 is 0. The van der Waals surface area contributed by atoms with Gasteiger partial charge in [0.2, 0.25) is 0 Å². The summed E-state index contributed by atoms with van der Waals surface area (Å²) in [4.78, 5) is 0. The zero-order valence-electron chi connectivity index (χ0n) is 14.2. The second-order valence-corrected chi connectivity index (χ2v) is 8.01. The predicted molar refractivity (Wildman–Crippen MR) is 88.5 cm³/mol. The standard InChI is InChI=1S/C20H29N/c1-10-8-11(2)13(4)16(12(10)3)20(21-5)19-17-14-6-7-15(9-14)18(17)19/h8,14-15,17-21H,6-7,9H2,1-5H3. The molecule has 2 bridgehead atoms. The molecule has 21 heavy (non-hydrogen) atoms. The van der Waals surface area contributed by atoms with Crippen molar-refractivity contribution in [2.75, 3.05) is 7.05 Å². The van der Waals surface area contributed by atoms with Gasteiger partial charge in [-0.3, -0.25) is 0 Å². The molecule has 1 N–H and O–H groups in total. The maximum Gasteiger partial charge on any atom is 0.0357 e. The Morgan fingerprint density at radius 3 is 1.95 bits per heavy atom. The molecule has 3 aliphatic carbocycles. The monoisotopic (exact) mass is 283 g/mol. The normalized spacial score (nSPS) is 37.7. The molecule has 0 aliphatic heterocycles. The average Bonchev–Trinajstić information content (AvgIpc) is 2.88. The van der Waals surface area contributed by atoms with E-state index in [0.29, 0.717) is 6.04 Å². The third kappa shape index (κ3) is 1.79. The lowest BCUT2D eigenvalue weighted by Crippen LogP contribution is -2.24. The van der Waals surface area contributed by atoms with Gasteiger partial charge in [0.1, 0.15) is 0 Å². The van der Waals surface area contributed by atoms with Crippen molar-refractivity contribution in [3.8, 4) is 0 Å². The van der Waals surface area contributed by atoms with E-state index >= 15 is 0 Å². The van der Waals surface area contributed by atoms with Crippen molar-refractivity contribution in [1.82, 2.24) is 5.32 Å². The highest BCUT2D eigenvalue weighted by atomic mass is 14.9. The first-order chi connectivity index (χ1) is 10.0. The van der Waals surface area contributed by atoms with Gasteiger partial charge in [-0.25, -0.2) is 0 Å². The summed E-state index contributed by atoms with van der Waals surface area (Å²) in [5.41, 5.74) is 7.59. The van der Waals surface area contributed by atoms with Crippen LogP contribution in [0, 0.1) is 57.3 Å². The summed E-state index contributed by atoms with van der Waals surface area (Å²) >= 11 is 0. The van der Waals surface area contributed by atoms with E-state index in [1.807, 2.05) is 0 Å². The van der Waals surface area contributed by atoms with Gasteiger partial charge in [0.25, 0.3) is 0 Å². The van der Waals surface area contributed by atoms with Crippen molar-refractivity contribution in [3.05, 3.63) is 33.9 Å². The van der Waals surface area contributed by atoms with Crippen LogP contribution < -0.4 is 5.32 Å². The fourth-order valence-corrected chi connectivity index (χ4v) is 6.08. The van der Waals surface area contributed by atoms with Crippen molar-refractivity contribution < 1.29 is 0 Å². The largest absolute Gasteiger partial charge is 0.313 e. The molecule has 114 valence electrons. The summed E-state index contributed by atoms with van der Waals surface area (Å²) in [6, 6.07) is 2.94. The van der Waals surface area contributed by atoms with Crippen LogP contribution in [0.5, 0.6) is 0 Å². The van der Waals surface area contributed by atoms with E-state index in [1.54, 1.807) is 12.0 Å². The van der Waals surface area contributed by atoms with E-state index in [-0.39, 0.29) is 0 Å². The maximum absolute atomic E-state index is 3.71. The van der Waals surface area contributed by atoms with Crippen LogP contribution in [0.2, 0.25) is 0 Å². The molecule has 1 aromatic carbocycles. The van der Waals surface area contributed by atoms with Crippen molar-refractivity contribution in [2.45, 2.75) is 53.0 Å². The molecule has 0 heterocycles. The van der Waals surface area contributed by atoms with Gasteiger partial charge < -0.3 is 5.32 Å². The molecule has 5 unspecified atom stereocenters. The van der Waals surface area contributed by atoms with Crippen molar-refractivity contribution in [3.63, 3.8) is 0 Å². The quantitative estimate of drug-likeness (QED) is 0.863. The Labute approximate surface area is 129 Å². The number of benzene rings is 1. The van der Waals surface area contributed by atoms with Gasteiger partial charge in [0.15, 0.2) is 0 Å². The molecular weight excluding hydrogens is 254 g/mol. The molecule has 0 radical (unpaired) electrons. The van der Waals surface area contributed by atoms with Gasteiger partial charge in [0, 0.05) is 6.04 Å². The molecule has 1 nitrogen and oxygen atoms in total. The van der Waals surface area contributed by atoms with Crippen molar-refractivity contribution >= 4 is 0 Å². The molecule has 0 saturated heterocycles. The first-order valence-corrected chi connectivity index (χ1v) is 8.79. The number of hydrogen-bond acceptors (Lipinski definition) is 1. The summed E-state index contributed by atoms with van der Waals surface area (Å²) in [6.07, 6.45) is 4.58. The molecule has 4 rings (SSSR count). The minimum atomic E-state index is 0.585. The van der Waals surface area contributed by atoms with Gasteiger partial charge in [-0.15, -0.1) is 0 Å². The Balaban J connectivity index is 1.72. The maximum atomic E-state index is 3.71. The SMILES string of the molecule is CNC(c1c(C)c(C)cc(C)c1C)C1C2C3CCC(C3)C21. The number of hydrogen-bond donors (Lipinski definition) is 1. The Morgan fingerprint density at radius 2 is 1.48 bits per heavy atom. The molecule has 0 spiro atoms. The van der Waals surface area contributed by atoms with Gasteiger partial charge in [-0.2, -0.15) is 0 Å². The van der Waals surface area contributed by atoms with Gasteiger partial charge in [-0.05, 0) is 111 Å². The summed E-state index contributed by atoms with van der Waals surface area (Å²) in [6.45, 7) is 9.20. The van der Waals surface area contributed by atoms with Crippen LogP contribution in [0.15, 0.2) is 6.07 Å². The van der Waals surface area contributed by atoms with E-state index < -0.39 is 0 Å². The van der Waals surface area contributed by atoms with Crippen molar-refractivity contribution in [1.29, 1.82) is 0 Å². The lowest BCUT2D eigenvalue weighted by Gasteiger charge is -2.26. The minimum absolute atomic E-state index is 0.585. The van der Waals surface area contributed by atoms with Crippen LogP contribution in [-0.4, -0.2) is 7.05 Å². The third-order valence-electron chi connectivity index (χ3n) is 7.23. The zero-order chi connectivity index (χ0) is 14.9. The second-order valence-electron chi connectivity index (χ2n) is 8.01. The number of nitrogens with one attached hydrogen (secondary N) is 1. The van der Waals surface area contributed by atoms with Crippen LogP contribution in [0.4, 0.5) is 0 Å². The van der Waals surface area contributed by atoms with Crippen LogP contribution in [0.1, 0.15) is 53.1 Å². The van der Waals surface area contributed by atoms with E-state index in [0.717, 1.165) is 29.6 Å². The molecule has 3 fully saturated rings. The highest BCUT2D eigenvalue weighted by Crippen LogP contribution is 2.72. The first-order valence-electron chi connectivity index (χ1n) is 8.79.